The van der Waals surface area contributed by atoms with Crippen molar-refractivity contribution in [3.05, 3.63) is 206 Å². The summed E-state index contributed by atoms with van der Waals surface area (Å²) in [5.41, 5.74) is 15.4. The number of para-hydroxylation sites is 2. The van der Waals surface area contributed by atoms with E-state index in [1.165, 1.54) is 43.9 Å². The molecule has 0 unspecified atom stereocenters. The third-order valence-electron chi connectivity index (χ3n) is 11.0. The van der Waals surface area contributed by atoms with Gasteiger partial charge in [0.1, 0.15) is 5.65 Å². The molecule has 4 nitrogen and oxygen atoms in total. The monoisotopic (exact) mass is 714 g/mol. The third kappa shape index (κ3) is 5.31. The Morgan fingerprint density at radius 3 is 1.62 bits per heavy atom. The van der Waals surface area contributed by atoms with E-state index in [1.807, 2.05) is 18.3 Å². The zero-order chi connectivity index (χ0) is 37.0. The highest BCUT2D eigenvalue weighted by Crippen LogP contribution is 2.38. The molecule has 0 aliphatic rings. The van der Waals surface area contributed by atoms with Gasteiger partial charge in [-0.3, -0.25) is 4.57 Å². The van der Waals surface area contributed by atoms with Crippen LogP contribution in [0.15, 0.2) is 206 Å². The van der Waals surface area contributed by atoms with Crippen LogP contribution in [-0.2, 0) is 0 Å². The van der Waals surface area contributed by atoms with Crippen molar-refractivity contribution in [1.29, 1.82) is 0 Å². The van der Waals surface area contributed by atoms with E-state index < -0.39 is 0 Å². The van der Waals surface area contributed by atoms with E-state index in [9.17, 15) is 0 Å². The van der Waals surface area contributed by atoms with Crippen molar-refractivity contribution in [1.82, 2.24) is 19.1 Å². The minimum atomic E-state index is 0.947. The van der Waals surface area contributed by atoms with Gasteiger partial charge in [0.15, 0.2) is 0 Å². The minimum absolute atomic E-state index is 0.947. The Balaban J connectivity index is 1.02. The predicted molar refractivity (Wildman–Crippen MR) is 232 cm³/mol. The van der Waals surface area contributed by atoms with Crippen LogP contribution in [0.5, 0.6) is 0 Å². The van der Waals surface area contributed by atoms with Gasteiger partial charge in [0, 0.05) is 50.2 Å². The first-order chi connectivity index (χ1) is 27.8. The summed E-state index contributed by atoms with van der Waals surface area (Å²) in [6, 6.07) is 71.3. The van der Waals surface area contributed by atoms with Crippen LogP contribution in [0.25, 0.3) is 99.9 Å². The molecule has 0 radical (unpaired) electrons. The summed E-state index contributed by atoms with van der Waals surface area (Å²) in [7, 11) is 0. The highest BCUT2D eigenvalue weighted by Gasteiger charge is 2.17. The third-order valence-corrected chi connectivity index (χ3v) is 11.0. The molecule has 56 heavy (non-hydrogen) atoms. The summed E-state index contributed by atoms with van der Waals surface area (Å²) in [5, 5.41) is 4.79. The normalized spacial score (nSPS) is 11.6. The fourth-order valence-electron chi connectivity index (χ4n) is 8.31. The number of aromatic nitrogens is 4. The molecule has 0 amide bonds. The number of fused-ring (bicyclic) bond motifs is 6. The van der Waals surface area contributed by atoms with E-state index in [0.717, 1.165) is 56.0 Å². The summed E-state index contributed by atoms with van der Waals surface area (Å²) < 4.78 is 4.65. The lowest BCUT2D eigenvalue weighted by Crippen LogP contribution is -1.95. The topological polar surface area (TPSA) is 35.6 Å². The Morgan fingerprint density at radius 2 is 0.857 bits per heavy atom. The second-order valence-electron chi connectivity index (χ2n) is 14.3. The largest absolute Gasteiger partial charge is 0.309 e. The van der Waals surface area contributed by atoms with Gasteiger partial charge in [-0.1, -0.05) is 127 Å². The van der Waals surface area contributed by atoms with Crippen molar-refractivity contribution >= 4 is 43.7 Å². The molecule has 0 N–H and O–H groups in total. The number of hydrogen-bond donors (Lipinski definition) is 0. The summed E-state index contributed by atoms with van der Waals surface area (Å²) in [5.74, 6) is 0. The van der Waals surface area contributed by atoms with Crippen molar-refractivity contribution in [3.63, 3.8) is 0 Å². The number of benzene rings is 7. The predicted octanol–water partition coefficient (Wildman–Crippen LogP) is 13.3. The standard InChI is InChI=1S/C52H34N4/c1-4-13-35(14-5-1)40-32-47(36-15-6-2-7-16-36)54-48(33-40)37-22-26-42(27-23-37)55-49-21-11-10-19-43(49)46-31-38(25-29-50(46)55)39-24-28-44-45-20-12-30-53-52(45)56(51(44)34-39)41-17-8-3-9-18-41/h1-34H. The maximum atomic E-state index is 5.17. The molecule has 0 aliphatic heterocycles. The highest BCUT2D eigenvalue weighted by atomic mass is 15.0. The molecule has 0 saturated carbocycles. The Labute approximate surface area is 324 Å². The van der Waals surface area contributed by atoms with Gasteiger partial charge in [0.2, 0.25) is 0 Å². The average molecular weight is 715 g/mol. The first-order valence-electron chi connectivity index (χ1n) is 19.0. The number of pyridine rings is 2. The first-order valence-corrected chi connectivity index (χ1v) is 19.0. The highest BCUT2D eigenvalue weighted by molar-refractivity contribution is 6.12. The quantitative estimate of drug-likeness (QED) is 0.172. The molecule has 0 bridgehead atoms. The van der Waals surface area contributed by atoms with Crippen LogP contribution < -0.4 is 0 Å². The van der Waals surface area contributed by atoms with E-state index in [1.54, 1.807) is 0 Å². The summed E-state index contributed by atoms with van der Waals surface area (Å²) in [6.07, 6.45) is 1.88. The zero-order valence-corrected chi connectivity index (χ0v) is 30.4. The first kappa shape index (κ1) is 31.9. The van der Waals surface area contributed by atoms with E-state index >= 15 is 0 Å². The van der Waals surface area contributed by atoms with Gasteiger partial charge in [-0.05, 0) is 95.1 Å². The second-order valence-corrected chi connectivity index (χ2v) is 14.3. The van der Waals surface area contributed by atoms with E-state index in [0.29, 0.717) is 0 Å². The lowest BCUT2D eigenvalue weighted by Gasteiger charge is -2.12. The lowest BCUT2D eigenvalue weighted by molar-refractivity contribution is 1.14. The van der Waals surface area contributed by atoms with Gasteiger partial charge in [-0.2, -0.15) is 0 Å². The van der Waals surface area contributed by atoms with E-state index in [-0.39, 0.29) is 0 Å². The van der Waals surface area contributed by atoms with Gasteiger partial charge < -0.3 is 4.57 Å². The fourth-order valence-corrected chi connectivity index (χ4v) is 8.31. The van der Waals surface area contributed by atoms with Crippen LogP contribution in [0.1, 0.15) is 0 Å². The molecule has 4 heterocycles. The molecule has 0 spiro atoms. The Morgan fingerprint density at radius 1 is 0.304 bits per heavy atom. The smallest absolute Gasteiger partial charge is 0.145 e. The Kier molecular flexibility index (Phi) is 7.46. The Bertz CT molecular complexity index is 3160. The zero-order valence-electron chi connectivity index (χ0n) is 30.4. The molecular weight excluding hydrogens is 681 g/mol. The molecule has 7 aromatic carbocycles. The maximum Gasteiger partial charge on any atom is 0.145 e. The second kappa shape index (κ2) is 13.1. The van der Waals surface area contributed by atoms with Crippen LogP contribution >= 0.6 is 0 Å². The molecule has 0 saturated heterocycles. The van der Waals surface area contributed by atoms with Crippen molar-refractivity contribution < 1.29 is 0 Å². The number of hydrogen-bond acceptors (Lipinski definition) is 2. The lowest BCUT2D eigenvalue weighted by atomic mass is 10.00. The SMILES string of the molecule is c1ccc(-c2cc(-c3ccccc3)nc(-c3ccc(-n4c5ccccc5c5cc(-c6ccc7c8cccnc8n(-c8ccccc8)c7c6)ccc54)cc3)c2)cc1. The van der Waals surface area contributed by atoms with Crippen LogP contribution in [0.3, 0.4) is 0 Å². The van der Waals surface area contributed by atoms with E-state index in [2.05, 4.69) is 197 Å². The summed E-state index contributed by atoms with van der Waals surface area (Å²) >= 11 is 0. The van der Waals surface area contributed by atoms with E-state index in [4.69, 9.17) is 9.97 Å². The minimum Gasteiger partial charge on any atom is -0.309 e. The van der Waals surface area contributed by atoms with Crippen molar-refractivity contribution in [2.75, 3.05) is 0 Å². The van der Waals surface area contributed by atoms with Crippen LogP contribution in [0.4, 0.5) is 0 Å². The Hall–Kier alpha value is -7.56. The average Bonchev–Trinajstić information content (AvgIpc) is 3.79. The molecule has 4 heteroatoms. The molecule has 0 atom stereocenters. The number of nitrogens with zero attached hydrogens (tertiary/aromatic N) is 4. The van der Waals surface area contributed by atoms with Gasteiger partial charge in [0.05, 0.1) is 27.9 Å². The summed E-state index contributed by atoms with van der Waals surface area (Å²) in [6.45, 7) is 0. The molecular formula is C52H34N4. The van der Waals surface area contributed by atoms with Crippen molar-refractivity contribution in [2.24, 2.45) is 0 Å². The maximum absolute atomic E-state index is 5.17. The molecule has 11 rings (SSSR count). The van der Waals surface area contributed by atoms with Crippen LogP contribution in [0.2, 0.25) is 0 Å². The van der Waals surface area contributed by atoms with Gasteiger partial charge in [-0.15, -0.1) is 0 Å². The molecule has 4 aromatic heterocycles. The summed E-state index contributed by atoms with van der Waals surface area (Å²) in [4.78, 5) is 9.99. The molecule has 11 aromatic rings. The van der Waals surface area contributed by atoms with Crippen molar-refractivity contribution in [2.45, 2.75) is 0 Å². The van der Waals surface area contributed by atoms with Gasteiger partial charge in [0.25, 0.3) is 0 Å². The van der Waals surface area contributed by atoms with Gasteiger partial charge in [-0.25, -0.2) is 9.97 Å². The van der Waals surface area contributed by atoms with Crippen LogP contribution in [-0.4, -0.2) is 19.1 Å². The number of rotatable bonds is 6. The van der Waals surface area contributed by atoms with Crippen LogP contribution in [0, 0.1) is 0 Å². The molecule has 0 fully saturated rings. The molecule has 262 valence electrons. The molecule has 0 aliphatic carbocycles. The fraction of sp³-hybridized carbons (Fsp3) is 0. The van der Waals surface area contributed by atoms with Crippen molar-refractivity contribution in [3.8, 4) is 56.1 Å². The van der Waals surface area contributed by atoms with Gasteiger partial charge >= 0.3 is 0 Å².